The number of rotatable bonds is 4. The Morgan fingerprint density at radius 1 is 1.33 bits per heavy atom. The Morgan fingerprint density at radius 2 is 2.00 bits per heavy atom. The number of nitrogens with two attached hydrogens (primary N) is 1. The van der Waals surface area contributed by atoms with Gasteiger partial charge in [-0.1, -0.05) is 30.3 Å². The molecule has 0 saturated heterocycles. The highest BCUT2D eigenvalue weighted by Crippen LogP contribution is 2.05. The van der Waals surface area contributed by atoms with Gasteiger partial charge in [-0.15, -0.1) is 0 Å². The summed E-state index contributed by atoms with van der Waals surface area (Å²) in [7, 11) is 0. The summed E-state index contributed by atoms with van der Waals surface area (Å²) in [6, 6.07) is 9.90. The molecule has 0 aliphatic carbocycles. The van der Waals surface area contributed by atoms with E-state index in [-0.39, 0.29) is 5.92 Å². The van der Waals surface area contributed by atoms with Crippen LogP contribution in [0.5, 0.6) is 0 Å². The summed E-state index contributed by atoms with van der Waals surface area (Å²) in [6.45, 7) is 0.429. The van der Waals surface area contributed by atoms with Crippen LogP contribution in [0, 0.1) is 5.92 Å². The highest BCUT2D eigenvalue weighted by Gasteiger charge is 2.04. The second kappa shape index (κ2) is 4.67. The third-order valence-corrected chi connectivity index (χ3v) is 1.84. The zero-order chi connectivity index (χ0) is 8.81. The van der Waals surface area contributed by atoms with Crippen molar-refractivity contribution >= 4 is 6.29 Å². The molecule has 1 atom stereocenters. The largest absolute Gasteiger partial charge is 0.330 e. The fraction of sp³-hybridized carbons (Fsp3) is 0.300. The normalized spacial score (nSPS) is 12.4. The average Bonchev–Trinajstić information content (AvgIpc) is 2.16. The van der Waals surface area contributed by atoms with E-state index < -0.39 is 0 Å². The number of carbonyl (C=O) groups excluding carboxylic acids is 1. The quantitative estimate of drug-likeness (QED) is 0.673. The summed E-state index contributed by atoms with van der Waals surface area (Å²) in [6.07, 6.45) is 1.67. The second-order valence-corrected chi connectivity index (χ2v) is 2.82. The SMILES string of the molecule is NCC(C=O)Cc1ccccc1. The molecule has 0 aliphatic heterocycles. The van der Waals surface area contributed by atoms with Gasteiger partial charge in [-0.2, -0.15) is 0 Å². The van der Waals surface area contributed by atoms with E-state index >= 15 is 0 Å². The van der Waals surface area contributed by atoms with Gasteiger partial charge in [0.15, 0.2) is 0 Å². The van der Waals surface area contributed by atoms with Gasteiger partial charge < -0.3 is 10.5 Å². The summed E-state index contributed by atoms with van der Waals surface area (Å²) in [5, 5.41) is 0. The van der Waals surface area contributed by atoms with Crippen LogP contribution < -0.4 is 5.73 Å². The molecular weight excluding hydrogens is 150 g/mol. The molecule has 2 heteroatoms. The molecule has 1 aromatic rings. The van der Waals surface area contributed by atoms with Gasteiger partial charge in [0.05, 0.1) is 0 Å². The molecule has 2 N–H and O–H groups in total. The molecule has 0 amide bonds. The Balaban J connectivity index is 2.56. The highest BCUT2D eigenvalue weighted by atomic mass is 16.1. The maximum atomic E-state index is 10.5. The molecule has 64 valence electrons. The first-order valence-corrected chi connectivity index (χ1v) is 4.06. The van der Waals surface area contributed by atoms with E-state index in [1.165, 1.54) is 5.56 Å². The van der Waals surface area contributed by atoms with E-state index in [1.54, 1.807) is 0 Å². The van der Waals surface area contributed by atoms with Crippen molar-refractivity contribution < 1.29 is 4.79 Å². The molecule has 2 nitrogen and oxygen atoms in total. The zero-order valence-electron chi connectivity index (χ0n) is 6.94. The van der Waals surface area contributed by atoms with Gasteiger partial charge in [0.2, 0.25) is 0 Å². The van der Waals surface area contributed by atoms with E-state index in [0.29, 0.717) is 6.54 Å². The molecule has 1 aromatic carbocycles. The maximum Gasteiger partial charge on any atom is 0.124 e. The lowest BCUT2D eigenvalue weighted by Crippen LogP contribution is -2.17. The third-order valence-electron chi connectivity index (χ3n) is 1.84. The topological polar surface area (TPSA) is 43.1 Å². The number of aldehydes is 1. The van der Waals surface area contributed by atoms with Gasteiger partial charge in [0, 0.05) is 12.5 Å². The number of benzene rings is 1. The van der Waals surface area contributed by atoms with Gasteiger partial charge in [-0.05, 0) is 12.0 Å². The lowest BCUT2D eigenvalue weighted by atomic mass is 10.0. The van der Waals surface area contributed by atoms with Gasteiger partial charge in [0.1, 0.15) is 6.29 Å². The minimum absolute atomic E-state index is 0.0348. The van der Waals surface area contributed by atoms with Crippen molar-refractivity contribution in [3.63, 3.8) is 0 Å². The van der Waals surface area contributed by atoms with Gasteiger partial charge in [-0.25, -0.2) is 0 Å². The predicted molar refractivity (Wildman–Crippen MR) is 48.8 cm³/mol. The van der Waals surface area contributed by atoms with Crippen molar-refractivity contribution in [1.82, 2.24) is 0 Å². The summed E-state index contributed by atoms with van der Waals surface area (Å²) < 4.78 is 0. The lowest BCUT2D eigenvalue weighted by molar-refractivity contribution is -0.110. The molecule has 0 radical (unpaired) electrons. The van der Waals surface area contributed by atoms with Gasteiger partial charge >= 0.3 is 0 Å². The molecule has 12 heavy (non-hydrogen) atoms. The monoisotopic (exact) mass is 163 g/mol. The fourth-order valence-electron chi connectivity index (χ4n) is 1.10. The standard InChI is InChI=1S/C10H13NO/c11-7-10(8-12)6-9-4-2-1-3-5-9/h1-5,8,10H,6-7,11H2. The zero-order valence-corrected chi connectivity index (χ0v) is 6.94. The van der Waals surface area contributed by atoms with Crippen molar-refractivity contribution in [2.24, 2.45) is 11.7 Å². The second-order valence-electron chi connectivity index (χ2n) is 2.82. The van der Waals surface area contributed by atoms with Crippen LogP contribution in [-0.4, -0.2) is 12.8 Å². The third kappa shape index (κ3) is 2.47. The van der Waals surface area contributed by atoms with Crippen LogP contribution >= 0.6 is 0 Å². The Kier molecular flexibility index (Phi) is 3.48. The van der Waals surface area contributed by atoms with Crippen LogP contribution in [0.3, 0.4) is 0 Å². The number of hydrogen-bond donors (Lipinski definition) is 1. The molecular formula is C10H13NO. The average molecular weight is 163 g/mol. The molecule has 0 spiro atoms. The molecule has 0 heterocycles. The Morgan fingerprint density at radius 3 is 2.50 bits per heavy atom. The van der Waals surface area contributed by atoms with Crippen LogP contribution in [0.25, 0.3) is 0 Å². The maximum absolute atomic E-state index is 10.5. The van der Waals surface area contributed by atoms with Crippen molar-refractivity contribution in [1.29, 1.82) is 0 Å². The van der Waals surface area contributed by atoms with E-state index in [2.05, 4.69) is 0 Å². The van der Waals surface area contributed by atoms with Crippen LogP contribution in [0.15, 0.2) is 30.3 Å². The first-order valence-electron chi connectivity index (χ1n) is 4.06. The Bertz CT molecular complexity index is 233. The van der Waals surface area contributed by atoms with Crippen LogP contribution in [0.1, 0.15) is 5.56 Å². The summed E-state index contributed by atoms with van der Waals surface area (Å²) in [5.74, 6) is -0.0348. The minimum Gasteiger partial charge on any atom is -0.330 e. The minimum atomic E-state index is -0.0348. The van der Waals surface area contributed by atoms with Gasteiger partial charge in [-0.3, -0.25) is 0 Å². The molecule has 0 saturated carbocycles. The summed E-state index contributed by atoms with van der Waals surface area (Å²) in [5.41, 5.74) is 6.57. The molecule has 1 rings (SSSR count). The first-order chi connectivity index (χ1) is 5.86. The smallest absolute Gasteiger partial charge is 0.124 e. The van der Waals surface area contributed by atoms with Crippen molar-refractivity contribution in [3.8, 4) is 0 Å². The number of hydrogen-bond acceptors (Lipinski definition) is 2. The molecule has 1 unspecified atom stereocenters. The fourth-order valence-corrected chi connectivity index (χ4v) is 1.10. The van der Waals surface area contributed by atoms with E-state index in [1.807, 2.05) is 30.3 Å². The molecule has 0 aliphatic rings. The van der Waals surface area contributed by atoms with Crippen LogP contribution in [0.2, 0.25) is 0 Å². The molecule has 0 aromatic heterocycles. The van der Waals surface area contributed by atoms with Crippen molar-refractivity contribution in [3.05, 3.63) is 35.9 Å². The lowest BCUT2D eigenvalue weighted by Gasteiger charge is -2.05. The van der Waals surface area contributed by atoms with Gasteiger partial charge in [0.25, 0.3) is 0 Å². The van der Waals surface area contributed by atoms with Crippen LogP contribution in [-0.2, 0) is 11.2 Å². The van der Waals surface area contributed by atoms with Crippen molar-refractivity contribution in [2.75, 3.05) is 6.54 Å². The van der Waals surface area contributed by atoms with E-state index in [9.17, 15) is 4.79 Å². The van der Waals surface area contributed by atoms with E-state index in [0.717, 1.165) is 12.7 Å². The molecule has 0 bridgehead atoms. The first kappa shape index (κ1) is 8.94. The van der Waals surface area contributed by atoms with E-state index in [4.69, 9.17) is 5.73 Å². The number of carbonyl (C=O) groups is 1. The Labute approximate surface area is 72.4 Å². The summed E-state index contributed by atoms with van der Waals surface area (Å²) >= 11 is 0. The predicted octanol–water partition coefficient (Wildman–Crippen LogP) is 1.00. The Hall–Kier alpha value is -1.15. The molecule has 0 fully saturated rings. The highest BCUT2D eigenvalue weighted by molar-refractivity contribution is 5.54. The van der Waals surface area contributed by atoms with Crippen molar-refractivity contribution in [2.45, 2.75) is 6.42 Å². The summed E-state index contributed by atoms with van der Waals surface area (Å²) in [4.78, 5) is 10.5. The van der Waals surface area contributed by atoms with Crippen LogP contribution in [0.4, 0.5) is 0 Å².